The maximum atomic E-state index is 14.1. The summed E-state index contributed by atoms with van der Waals surface area (Å²) in [7, 11) is 0. The molecule has 6 nitrogen and oxygen atoms in total. The second-order valence-corrected chi connectivity index (χ2v) is 10.9. The first kappa shape index (κ1) is 27.4. The smallest absolute Gasteiger partial charge is 0.252 e. The highest BCUT2D eigenvalue weighted by Crippen LogP contribution is 2.42. The van der Waals surface area contributed by atoms with Crippen molar-refractivity contribution in [3.8, 4) is 5.75 Å². The van der Waals surface area contributed by atoms with E-state index >= 15 is 0 Å². The van der Waals surface area contributed by atoms with Gasteiger partial charge in [0.15, 0.2) is 11.6 Å². The number of aliphatic hydroxyl groups is 1. The molecule has 1 heterocycles. The molecule has 0 unspecified atom stereocenters. The quantitative estimate of drug-likeness (QED) is 0.331. The van der Waals surface area contributed by atoms with Crippen molar-refractivity contribution in [1.29, 1.82) is 0 Å². The van der Waals surface area contributed by atoms with Gasteiger partial charge in [-0.05, 0) is 47.2 Å². The summed E-state index contributed by atoms with van der Waals surface area (Å²) in [6, 6.07) is 27.3. The normalized spacial score (nSPS) is 18.9. The highest BCUT2D eigenvalue weighted by Gasteiger charge is 2.53. The molecule has 2 atom stereocenters. The van der Waals surface area contributed by atoms with Crippen molar-refractivity contribution >= 4 is 11.8 Å². The molecule has 0 aliphatic carbocycles. The number of hydrogen-bond donors (Lipinski definition) is 2. The first-order valence-corrected chi connectivity index (χ1v) is 13.3. The fourth-order valence-corrected chi connectivity index (χ4v) is 4.52. The van der Waals surface area contributed by atoms with Gasteiger partial charge in [-0.3, -0.25) is 4.79 Å². The largest absolute Gasteiger partial charge is 0.494 e. The molecule has 3 aromatic rings. The molecular formula is C32H38N2O4. The number of amides is 1. The van der Waals surface area contributed by atoms with Crippen LogP contribution in [0, 0.1) is 5.41 Å². The molecule has 0 fully saturated rings. The Morgan fingerprint density at radius 3 is 2.29 bits per heavy atom. The number of hydrogen-bond acceptors (Lipinski definition) is 5. The van der Waals surface area contributed by atoms with E-state index in [0.29, 0.717) is 37.6 Å². The van der Waals surface area contributed by atoms with Gasteiger partial charge in [0.05, 0.1) is 6.61 Å². The van der Waals surface area contributed by atoms with E-state index in [0.717, 1.165) is 23.1 Å². The van der Waals surface area contributed by atoms with Crippen LogP contribution in [-0.2, 0) is 16.0 Å². The second-order valence-electron chi connectivity index (χ2n) is 10.9. The summed E-state index contributed by atoms with van der Waals surface area (Å²) < 4.78 is 12.2. The van der Waals surface area contributed by atoms with Gasteiger partial charge in [0, 0.05) is 31.6 Å². The minimum Gasteiger partial charge on any atom is -0.494 e. The number of benzene rings is 3. The van der Waals surface area contributed by atoms with Crippen molar-refractivity contribution < 1.29 is 19.4 Å². The number of ether oxygens (including phenoxy) is 2. The molecule has 0 aromatic heterocycles. The molecule has 1 aliphatic rings. The van der Waals surface area contributed by atoms with Crippen molar-refractivity contribution in [2.24, 2.45) is 10.4 Å². The topological polar surface area (TPSA) is 80.2 Å². The average molecular weight is 515 g/mol. The number of nitrogens with one attached hydrogen (secondary N) is 1. The Morgan fingerprint density at radius 2 is 1.66 bits per heavy atom. The van der Waals surface area contributed by atoms with Crippen LogP contribution in [0.5, 0.6) is 5.75 Å². The molecule has 38 heavy (non-hydrogen) atoms. The van der Waals surface area contributed by atoms with Gasteiger partial charge in [-0.2, -0.15) is 0 Å². The number of carbonyl (C=O) groups excluding carboxylic acids is 1. The molecule has 0 spiro atoms. The summed E-state index contributed by atoms with van der Waals surface area (Å²) in [5.74, 6) is 0.997. The lowest BCUT2D eigenvalue weighted by atomic mass is 9.81. The van der Waals surface area contributed by atoms with Crippen molar-refractivity contribution in [1.82, 2.24) is 5.32 Å². The third-order valence-corrected chi connectivity index (χ3v) is 6.61. The Kier molecular flexibility index (Phi) is 8.85. The molecule has 200 valence electrons. The van der Waals surface area contributed by atoms with E-state index in [4.69, 9.17) is 19.6 Å². The van der Waals surface area contributed by atoms with Crippen LogP contribution in [-0.4, -0.2) is 42.2 Å². The van der Waals surface area contributed by atoms with Gasteiger partial charge in [0.2, 0.25) is 5.90 Å². The third-order valence-electron chi connectivity index (χ3n) is 6.61. The molecule has 6 heteroatoms. The van der Waals surface area contributed by atoms with Gasteiger partial charge in [-0.15, -0.1) is 0 Å². The zero-order valence-corrected chi connectivity index (χ0v) is 22.5. The Labute approximate surface area is 225 Å². The van der Waals surface area contributed by atoms with Crippen LogP contribution in [0.2, 0.25) is 0 Å². The van der Waals surface area contributed by atoms with E-state index < -0.39 is 11.6 Å². The van der Waals surface area contributed by atoms with E-state index in [1.165, 1.54) is 0 Å². The fraction of sp³-hybridized carbons (Fsp3) is 0.375. The van der Waals surface area contributed by atoms with E-state index in [1.54, 1.807) is 0 Å². The van der Waals surface area contributed by atoms with Crippen molar-refractivity contribution in [2.75, 3.05) is 19.8 Å². The molecule has 0 radical (unpaired) electrons. The molecule has 2 N–H and O–H groups in total. The van der Waals surface area contributed by atoms with Gasteiger partial charge in [-0.25, -0.2) is 4.99 Å². The first-order valence-electron chi connectivity index (χ1n) is 13.3. The third kappa shape index (κ3) is 6.81. The molecule has 1 amide bonds. The highest BCUT2D eigenvalue weighted by atomic mass is 16.5. The predicted molar refractivity (Wildman–Crippen MR) is 150 cm³/mol. The van der Waals surface area contributed by atoms with Crippen LogP contribution >= 0.6 is 0 Å². The lowest BCUT2D eigenvalue weighted by molar-refractivity contribution is -0.129. The summed E-state index contributed by atoms with van der Waals surface area (Å²) in [6.07, 6.45) is 1.24. The number of carbonyl (C=O) groups is 1. The van der Waals surface area contributed by atoms with Crippen LogP contribution in [0.15, 0.2) is 89.9 Å². The van der Waals surface area contributed by atoms with E-state index in [1.807, 2.05) is 84.9 Å². The maximum absolute atomic E-state index is 14.1. The van der Waals surface area contributed by atoms with Crippen LogP contribution in [0.1, 0.15) is 56.4 Å². The number of aliphatic hydroxyl groups excluding tert-OH is 1. The van der Waals surface area contributed by atoms with Crippen LogP contribution in [0.25, 0.3) is 0 Å². The molecule has 3 aromatic carbocycles. The standard InChI is InChI=1S/C32H38N2O4/c1-31(2,3)19-20-33-30(36)32(23-24-11-6-4-7-12-24)28(25-13-8-5-9-14-25)38-29(34-32)26-15-17-27(18-16-26)37-22-10-21-35/h4-9,11-18,28,35H,10,19-23H2,1-3H3,(H,33,36)/t28-,32-/m1/s1. The van der Waals surface area contributed by atoms with Gasteiger partial charge in [0.25, 0.3) is 5.91 Å². The van der Waals surface area contributed by atoms with E-state index in [-0.39, 0.29) is 17.9 Å². The van der Waals surface area contributed by atoms with Crippen molar-refractivity contribution in [3.05, 3.63) is 102 Å². The monoisotopic (exact) mass is 514 g/mol. The minimum atomic E-state index is -1.17. The maximum Gasteiger partial charge on any atom is 0.252 e. The SMILES string of the molecule is CC(C)(C)CCNC(=O)[C@]1(Cc2ccccc2)N=C(c2ccc(OCCCO)cc2)O[C@@H]1c1ccccc1. The number of nitrogens with zero attached hydrogens (tertiary/aromatic N) is 1. The summed E-state index contributed by atoms with van der Waals surface area (Å²) in [5.41, 5.74) is 1.61. The van der Waals surface area contributed by atoms with Crippen molar-refractivity contribution in [2.45, 2.75) is 51.7 Å². The zero-order valence-electron chi connectivity index (χ0n) is 22.5. The molecule has 0 saturated carbocycles. The first-order chi connectivity index (χ1) is 18.3. The Bertz CT molecular complexity index is 1200. The second kappa shape index (κ2) is 12.3. The fourth-order valence-electron chi connectivity index (χ4n) is 4.52. The lowest BCUT2D eigenvalue weighted by Crippen LogP contribution is -2.50. The summed E-state index contributed by atoms with van der Waals surface area (Å²) in [6.45, 7) is 7.59. The van der Waals surface area contributed by atoms with Gasteiger partial charge >= 0.3 is 0 Å². The predicted octanol–water partition coefficient (Wildman–Crippen LogP) is 5.50. The highest BCUT2D eigenvalue weighted by molar-refractivity contribution is 6.01. The van der Waals surface area contributed by atoms with Crippen molar-refractivity contribution in [3.63, 3.8) is 0 Å². The molecule has 0 saturated heterocycles. The van der Waals surface area contributed by atoms with Crippen LogP contribution in [0.4, 0.5) is 0 Å². The molecular weight excluding hydrogens is 476 g/mol. The van der Waals surface area contributed by atoms with E-state index in [9.17, 15) is 4.79 Å². The Balaban J connectivity index is 1.72. The Morgan fingerprint density at radius 1 is 1.00 bits per heavy atom. The van der Waals surface area contributed by atoms with Crippen LogP contribution in [0.3, 0.4) is 0 Å². The number of rotatable bonds is 11. The van der Waals surface area contributed by atoms with Crippen LogP contribution < -0.4 is 10.1 Å². The molecule has 1 aliphatic heterocycles. The lowest BCUT2D eigenvalue weighted by Gasteiger charge is -2.31. The van der Waals surface area contributed by atoms with Gasteiger partial charge in [-0.1, -0.05) is 81.4 Å². The Hall–Kier alpha value is -3.64. The number of aliphatic imine (C=N–C) groups is 1. The average Bonchev–Trinajstić information content (AvgIpc) is 3.30. The summed E-state index contributed by atoms with van der Waals surface area (Å²) >= 11 is 0. The summed E-state index contributed by atoms with van der Waals surface area (Å²) in [4.78, 5) is 19.2. The molecule has 4 rings (SSSR count). The van der Waals surface area contributed by atoms with Gasteiger partial charge < -0.3 is 19.9 Å². The minimum absolute atomic E-state index is 0.0882. The molecule has 0 bridgehead atoms. The van der Waals surface area contributed by atoms with E-state index in [2.05, 4.69) is 26.1 Å². The summed E-state index contributed by atoms with van der Waals surface area (Å²) in [5, 5.41) is 12.2. The zero-order chi connectivity index (χ0) is 27.0. The van der Waals surface area contributed by atoms with Gasteiger partial charge in [0.1, 0.15) is 5.75 Å².